The zero-order chi connectivity index (χ0) is 8.65. The lowest BCUT2D eigenvalue weighted by Gasteiger charge is -2.13. The van der Waals surface area contributed by atoms with Crippen LogP contribution in [0.15, 0.2) is 0 Å². The molecule has 2 heteroatoms. The number of hydrogen-bond acceptors (Lipinski definition) is 2. The van der Waals surface area contributed by atoms with Crippen LogP contribution in [-0.2, 0) is 0 Å². The van der Waals surface area contributed by atoms with Gasteiger partial charge in [-0.25, -0.2) is 0 Å². The highest BCUT2D eigenvalue weighted by Crippen LogP contribution is 2.21. The van der Waals surface area contributed by atoms with E-state index in [0.29, 0.717) is 0 Å². The first-order chi connectivity index (χ1) is 5.93. The van der Waals surface area contributed by atoms with Gasteiger partial charge in [0.25, 0.3) is 0 Å². The zero-order valence-electron chi connectivity index (χ0n) is 7.89. The molecule has 1 aliphatic rings. The van der Waals surface area contributed by atoms with Gasteiger partial charge in [-0.15, -0.1) is 0 Å². The van der Waals surface area contributed by atoms with E-state index in [1.807, 2.05) is 0 Å². The summed E-state index contributed by atoms with van der Waals surface area (Å²) in [7, 11) is 0. The average molecular weight is 187 g/mol. The topological polar surface area (TPSA) is 12.0 Å². The summed E-state index contributed by atoms with van der Waals surface area (Å²) in [6.45, 7) is 2.29. The molecule has 1 nitrogen and oxygen atoms in total. The molecule has 0 heterocycles. The van der Waals surface area contributed by atoms with Crippen LogP contribution < -0.4 is 5.32 Å². The summed E-state index contributed by atoms with van der Waals surface area (Å²) in [5.41, 5.74) is 0. The highest BCUT2D eigenvalue weighted by molar-refractivity contribution is 7.80. The Labute approximate surface area is 81.7 Å². The van der Waals surface area contributed by atoms with Gasteiger partial charge in [0.1, 0.15) is 0 Å². The van der Waals surface area contributed by atoms with Gasteiger partial charge < -0.3 is 5.32 Å². The molecule has 0 aliphatic heterocycles. The first-order valence-corrected chi connectivity index (χ1v) is 5.88. The van der Waals surface area contributed by atoms with E-state index < -0.39 is 0 Å². The lowest BCUT2D eigenvalue weighted by Crippen LogP contribution is -2.24. The van der Waals surface area contributed by atoms with Crippen molar-refractivity contribution in [1.29, 1.82) is 0 Å². The number of rotatable bonds is 4. The first-order valence-electron chi connectivity index (χ1n) is 5.25. The average Bonchev–Trinajstić information content (AvgIpc) is 2.33. The quantitative estimate of drug-likeness (QED) is 0.391. The van der Waals surface area contributed by atoms with Crippen LogP contribution in [0.3, 0.4) is 0 Å². The largest absolute Gasteiger partial charge is 0.316 e. The summed E-state index contributed by atoms with van der Waals surface area (Å²) >= 11 is 4.18. The molecule has 0 saturated heterocycles. The van der Waals surface area contributed by atoms with Gasteiger partial charge in [-0.05, 0) is 25.3 Å². The maximum absolute atomic E-state index is 4.18. The molecule has 1 N–H and O–H groups in total. The van der Waals surface area contributed by atoms with Gasteiger partial charge in [0, 0.05) is 12.3 Å². The summed E-state index contributed by atoms with van der Waals surface area (Å²) in [6.07, 6.45) is 8.71. The molecule has 0 aromatic carbocycles. The van der Waals surface area contributed by atoms with E-state index in [9.17, 15) is 0 Å². The van der Waals surface area contributed by atoms with Gasteiger partial charge in [-0.1, -0.05) is 25.7 Å². The van der Waals surface area contributed by atoms with Crippen LogP contribution in [0.4, 0.5) is 0 Å². The third-order valence-corrected chi connectivity index (χ3v) is 2.92. The van der Waals surface area contributed by atoms with Crippen molar-refractivity contribution in [3.05, 3.63) is 0 Å². The first kappa shape index (κ1) is 10.4. The molecule has 0 aromatic rings. The van der Waals surface area contributed by atoms with Gasteiger partial charge in [-0.2, -0.15) is 12.6 Å². The fourth-order valence-corrected chi connectivity index (χ4v) is 2.11. The standard InChI is InChI=1S/C10H21NS/c12-8-7-11-9-10-5-3-1-2-4-6-10/h10-12H,1-9H2. The van der Waals surface area contributed by atoms with E-state index in [0.717, 1.165) is 18.2 Å². The van der Waals surface area contributed by atoms with Crippen LogP contribution in [0, 0.1) is 5.92 Å². The van der Waals surface area contributed by atoms with Crippen LogP contribution in [0.5, 0.6) is 0 Å². The van der Waals surface area contributed by atoms with E-state index in [2.05, 4.69) is 17.9 Å². The van der Waals surface area contributed by atoms with Gasteiger partial charge in [0.05, 0.1) is 0 Å². The normalized spacial score (nSPS) is 20.8. The van der Waals surface area contributed by atoms with Crippen molar-refractivity contribution in [1.82, 2.24) is 5.32 Å². The van der Waals surface area contributed by atoms with Gasteiger partial charge >= 0.3 is 0 Å². The predicted octanol–water partition coefficient (Wildman–Crippen LogP) is 2.48. The maximum Gasteiger partial charge on any atom is 0.00398 e. The highest BCUT2D eigenvalue weighted by Gasteiger charge is 2.10. The lowest BCUT2D eigenvalue weighted by molar-refractivity contribution is 0.431. The van der Waals surface area contributed by atoms with Crippen LogP contribution in [0.1, 0.15) is 38.5 Å². The summed E-state index contributed by atoms with van der Waals surface area (Å²) in [4.78, 5) is 0. The molecule has 72 valence electrons. The molecular formula is C10H21NS. The molecule has 0 atom stereocenters. The fourth-order valence-electron chi connectivity index (χ4n) is 1.95. The summed E-state index contributed by atoms with van der Waals surface area (Å²) in [5, 5.41) is 3.46. The lowest BCUT2D eigenvalue weighted by atomic mass is 10.0. The molecule has 0 radical (unpaired) electrons. The Balaban J connectivity index is 2.04. The van der Waals surface area contributed by atoms with Crippen molar-refractivity contribution in [3.63, 3.8) is 0 Å². The fraction of sp³-hybridized carbons (Fsp3) is 1.00. The van der Waals surface area contributed by atoms with Crippen molar-refractivity contribution < 1.29 is 0 Å². The number of hydrogen-bond donors (Lipinski definition) is 2. The Morgan fingerprint density at radius 3 is 2.33 bits per heavy atom. The van der Waals surface area contributed by atoms with E-state index in [-0.39, 0.29) is 0 Å². The Bertz CT molecular complexity index is 98.0. The molecule has 0 amide bonds. The van der Waals surface area contributed by atoms with Crippen molar-refractivity contribution in [3.8, 4) is 0 Å². The molecule has 1 rings (SSSR count). The third-order valence-electron chi connectivity index (χ3n) is 2.70. The molecule has 0 unspecified atom stereocenters. The molecular weight excluding hydrogens is 166 g/mol. The van der Waals surface area contributed by atoms with E-state index in [4.69, 9.17) is 0 Å². The second-order valence-electron chi connectivity index (χ2n) is 3.79. The minimum absolute atomic E-state index is 0.951. The molecule has 0 aromatic heterocycles. The zero-order valence-corrected chi connectivity index (χ0v) is 8.78. The Kier molecular flexibility index (Phi) is 5.88. The van der Waals surface area contributed by atoms with E-state index in [1.54, 1.807) is 0 Å². The summed E-state index contributed by atoms with van der Waals surface area (Å²) in [5.74, 6) is 1.92. The number of nitrogens with one attached hydrogen (secondary N) is 1. The van der Waals surface area contributed by atoms with Crippen LogP contribution >= 0.6 is 12.6 Å². The van der Waals surface area contributed by atoms with Gasteiger partial charge in [-0.3, -0.25) is 0 Å². The molecule has 0 bridgehead atoms. The summed E-state index contributed by atoms with van der Waals surface area (Å²) in [6, 6.07) is 0. The number of thiol groups is 1. The third kappa shape index (κ3) is 4.36. The molecule has 1 saturated carbocycles. The smallest absolute Gasteiger partial charge is 0.00398 e. The molecule has 0 spiro atoms. The van der Waals surface area contributed by atoms with Crippen LogP contribution in [-0.4, -0.2) is 18.8 Å². The molecule has 1 aliphatic carbocycles. The van der Waals surface area contributed by atoms with Crippen LogP contribution in [0.25, 0.3) is 0 Å². The van der Waals surface area contributed by atoms with Crippen LogP contribution in [0.2, 0.25) is 0 Å². The minimum atomic E-state index is 0.951. The maximum atomic E-state index is 4.18. The molecule has 12 heavy (non-hydrogen) atoms. The highest BCUT2D eigenvalue weighted by atomic mass is 32.1. The summed E-state index contributed by atoms with van der Waals surface area (Å²) < 4.78 is 0. The second kappa shape index (κ2) is 6.79. The predicted molar refractivity (Wildman–Crippen MR) is 57.9 cm³/mol. The second-order valence-corrected chi connectivity index (χ2v) is 4.23. The Morgan fingerprint density at radius 1 is 1.08 bits per heavy atom. The SMILES string of the molecule is SCCNCC1CCCCCC1. The minimum Gasteiger partial charge on any atom is -0.316 e. The van der Waals surface area contributed by atoms with Gasteiger partial charge in [0.2, 0.25) is 0 Å². The van der Waals surface area contributed by atoms with Gasteiger partial charge in [0.15, 0.2) is 0 Å². The van der Waals surface area contributed by atoms with Crippen molar-refractivity contribution in [2.75, 3.05) is 18.8 Å². The Hall–Kier alpha value is 0.310. The van der Waals surface area contributed by atoms with Crippen molar-refractivity contribution in [2.24, 2.45) is 5.92 Å². The van der Waals surface area contributed by atoms with E-state index in [1.165, 1.54) is 45.1 Å². The van der Waals surface area contributed by atoms with E-state index >= 15 is 0 Å². The molecule has 1 fully saturated rings. The van der Waals surface area contributed by atoms with Crippen molar-refractivity contribution in [2.45, 2.75) is 38.5 Å². The van der Waals surface area contributed by atoms with Crippen molar-refractivity contribution >= 4 is 12.6 Å². The monoisotopic (exact) mass is 187 g/mol. The Morgan fingerprint density at radius 2 is 1.75 bits per heavy atom.